The molecule has 3 rings (SSSR count). The van der Waals surface area contributed by atoms with Crippen LogP contribution in [0.5, 0.6) is 0 Å². The molecular formula is C16H20N4. The molecular weight excluding hydrogens is 248 g/mol. The number of aryl methyl sites for hydroxylation is 3. The summed E-state index contributed by atoms with van der Waals surface area (Å²) in [6.45, 7) is 8.02. The van der Waals surface area contributed by atoms with Crippen molar-refractivity contribution in [1.29, 1.82) is 0 Å². The van der Waals surface area contributed by atoms with E-state index in [1.165, 1.54) is 22.4 Å². The summed E-state index contributed by atoms with van der Waals surface area (Å²) in [5.74, 6) is 1.77. The first-order valence-electron chi connectivity index (χ1n) is 7.05. The lowest BCUT2D eigenvalue weighted by Crippen LogP contribution is -2.26. The van der Waals surface area contributed by atoms with E-state index in [4.69, 9.17) is 0 Å². The largest absolute Gasteiger partial charge is 0.339 e. The Morgan fingerprint density at radius 3 is 2.60 bits per heavy atom. The SMILES string of the molecule is Cc1nc2c(c(Nc3c(C)cccc3C)n1)CNCC2. The smallest absolute Gasteiger partial charge is 0.138 e. The molecule has 0 aliphatic carbocycles. The first kappa shape index (κ1) is 13.1. The van der Waals surface area contributed by atoms with Crippen LogP contribution in [0.15, 0.2) is 18.2 Å². The number of hydrogen-bond acceptors (Lipinski definition) is 4. The minimum atomic E-state index is 0.833. The maximum Gasteiger partial charge on any atom is 0.138 e. The Morgan fingerprint density at radius 1 is 1.10 bits per heavy atom. The predicted octanol–water partition coefficient (Wildman–Crippen LogP) is 2.79. The molecule has 2 N–H and O–H groups in total. The van der Waals surface area contributed by atoms with Crippen molar-refractivity contribution in [1.82, 2.24) is 15.3 Å². The molecule has 4 heteroatoms. The highest BCUT2D eigenvalue weighted by Crippen LogP contribution is 2.27. The quantitative estimate of drug-likeness (QED) is 0.879. The number of hydrogen-bond donors (Lipinski definition) is 2. The standard InChI is InChI=1S/C16H20N4/c1-10-5-4-6-11(2)15(10)20-16-13-9-17-8-7-14(13)18-12(3)19-16/h4-6,17H,7-9H2,1-3H3,(H,18,19,20). The van der Waals surface area contributed by atoms with Gasteiger partial charge in [0.25, 0.3) is 0 Å². The van der Waals surface area contributed by atoms with E-state index in [0.29, 0.717) is 0 Å². The van der Waals surface area contributed by atoms with Crippen LogP contribution in [0.4, 0.5) is 11.5 Å². The molecule has 4 nitrogen and oxygen atoms in total. The van der Waals surface area contributed by atoms with Crippen LogP contribution >= 0.6 is 0 Å². The van der Waals surface area contributed by atoms with E-state index < -0.39 is 0 Å². The summed E-state index contributed by atoms with van der Waals surface area (Å²) in [6, 6.07) is 6.32. The molecule has 1 aliphatic heterocycles. The van der Waals surface area contributed by atoms with E-state index in [2.05, 4.69) is 52.6 Å². The average Bonchev–Trinajstić information content (AvgIpc) is 2.42. The van der Waals surface area contributed by atoms with Crippen LogP contribution in [0.3, 0.4) is 0 Å². The lowest BCUT2D eigenvalue weighted by atomic mass is 10.1. The Kier molecular flexibility index (Phi) is 3.40. The zero-order chi connectivity index (χ0) is 14.1. The Bertz CT molecular complexity index is 629. The van der Waals surface area contributed by atoms with Gasteiger partial charge in [0.05, 0.1) is 5.69 Å². The first-order valence-corrected chi connectivity index (χ1v) is 7.05. The van der Waals surface area contributed by atoms with Gasteiger partial charge in [0.1, 0.15) is 11.6 Å². The van der Waals surface area contributed by atoms with Gasteiger partial charge in [-0.25, -0.2) is 9.97 Å². The van der Waals surface area contributed by atoms with Crippen molar-refractivity contribution in [2.75, 3.05) is 11.9 Å². The molecule has 104 valence electrons. The molecule has 1 aliphatic rings. The Labute approximate surface area is 119 Å². The van der Waals surface area contributed by atoms with Crippen molar-refractivity contribution in [2.24, 2.45) is 0 Å². The van der Waals surface area contributed by atoms with Gasteiger partial charge in [-0.3, -0.25) is 0 Å². The maximum atomic E-state index is 4.60. The maximum absolute atomic E-state index is 4.60. The summed E-state index contributed by atoms with van der Waals surface area (Å²) < 4.78 is 0. The average molecular weight is 268 g/mol. The van der Waals surface area contributed by atoms with Crippen LogP contribution < -0.4 is 10.6 Å². The molecule has 0 saturated heterocycles. The summed E-state index contributed by atoms with van der Waals surface area (Å²) >= 11 is 0. The topological polar surface area (TPSA) is 49.8 Å². The number of rotatable bonds is 2. The van der Waals surface area contributed by atoms with Crippen molar-refractivity contribution < 1.29 is 0 Å². The van der Waals surface area contributed by atoms with Gasteiger partial charge in [-0.1, -0.05) is 18.2 Å². The third-order valence-corrected chi connectivity index (χ3v) is 3.77. The van der Waals surface area contributed by atoms with E-state index >= 15 is 0 Å². The molecule has 0 amide bonds. The highest BCUT2D eigenvalue weighted by molar-refractivity contribution is 5.66. The third kappa shape index (κ3) is 2.39. The highest BCUT2D eigenvalue weighted by Gasteiger charge is 2.17. The van der Waals surface area contributed by atoms with E-state index in [0.717, 1.165) is 36.8 Å². The second kappa shape index (κ2) is 5.21. The second-order valence-corrected chi connectivity index (χ2v) is 5.36. The monoisotopic (exact) mass is 268 g/mol. The molecule has 0 bridgehead atoms. The summed E-state index contributed by atoms with van der Waals surface area (Å²) in [4.78, 5) is 9.17. The van der Waals surface area contributed by atoms with E-state index in [1.807, 2.05) is 6.92 Å². The van der Waals surface area contributed by atoms with Gasteiger partial charge in [0, 0.05) is 30.8 Å². The number of fused-ring (bicyclic) bond motifs is 1. The van der Waals surface area contributed by atoms with Crippen molar-refractivity contribution in [3.05, 3.63) is 46.4 Å². The van der Waals surface area contributed by atoms with Gasteiger partial charge in [0.15, 0.2) is 0 Å². The van der Waals surface area contributed by atoms with E-state index in [-0.39, 0.29) is 0 Å². The van der Waals surface area contributed by atoms with Crippen molar-refractivity contribution >= 4 is 11.5 Å². The Hall–Kier alpha value is -1.94. The van der Waals surface area contributed by atoms with Gasteiger partial charge in [-0.2, -0.15) is 0 Å². The fourth-order valence-corrected chi connectivity index (χ4v) is 2.70. The van der Waals surface area contributed by atoms with Crippen molar-refractivity contribution in [2.45, 2.75) is 33.7 Å². The van der Waals surface area contributed by atoms with Gasteiger partial charge >= 0.3 is 0 Å². The van der Waals surface area contributed by atoms with Crippen molar-refractivity contribution in [3.8, 4) is 0 Å². The zero-order valence-electron chi connectivity index (χ0n) is 12.2. The minimum Gasteiger partial charge on any atom is -0.339 e. The number of anilines is 2. The third-order valence-electron chi connectivity index (χ3n) is 3.77. The van der Waals surface area contributed by atoms with E-state index in [1.54, 1.807) is 0 Å². The zero-order valence-corrected chi connectivity index (χ0v) is 12.2. The van der Waals surface area contributed by atoms with Crippen LogP contribution in [-0.2, 0) is 13.0 Å². The fourth-order valence-electron chi connectivity index (χ4n) is 2.70. The normalized spacial score (nSPS) is 13.9. The highest BCUT2D eigenvalue weighted by atomic mass is 15.1. The lowest BCUT2D eigenvalue weighted by molar-refractivity contribution is 0.625. The molecule has 2 aromatic rings. The Balaban J connectivity index is 2.04. The number of nitrogens with one attached hydrogen (secondary N) is 2. The Morgan fingerprint density at radius 2 is 1.85 bits per heavy atom. The van der Waals surface area contributed by atoms with Gasteiger partial charge in [0.2, 0.25) is 0 Å². The number of para-hydroxylation sites is 1. The number of nitrogens with zero attached hydrogens (tertiary/aromatic N) is 2. The summed E-state index contributed by atoms with van der Waals surface area (Å²) in [7, 11) is 0. The van der Waals surface area contributed by atoms with Crippen LogP contribution in [0, 0.1) is 20.8 Å². The predicted molar refractivity (Wildman–Crippen MR) is 81.4 cm³/mol. The summed E-state index contributed by atoms with van der Waals surface area (Å²) in [6.07, 6.45) is 0.972. The molecule has 0 radical (unpaired) electrons. The molecule has 20 heavy (non-hydrogen) atoms. The van der Waals surface area contributed by atoms with Crippen molar-refractivity contribution in [3.63, 3.8) is 0 Å². The molecule has 0 saturated carbocycles. The molecule has 1 aromatic heterocycles. The molecule has 0 atom stereocenters. The number of benzene rings is 1. The first-order chi connectivity index (χ1) is 9.65. The van der Waals surface area contributed by atoms with Crippen LogP contribution in [0.2, 0.25) is 0 Å². The number of aromatic nitrogens is 2. The van der Waals surface area contributed by atoms with Crippen LogP contribution in [0.1, 0.15) is 28.2 Å². The molecule has 2 heterocycles. The minimum absolute atomic E-state index is 0.833. The summed E-state index contributed by atoms with van der Waals surface area (Å²) in [5, 5.41) is 6.91. The molecule has 0 unspecified atom stereocenters. The van der Waals surface area contributed by atoms with Gasteiger partial charge < -0.3 is 10.6 Å². The van der Waals surface area contributed by atoms with Crippen LogP contribution in [0.25, 0.3) is 0 Å². The molecule has 0 fully saturated rings. The fraction of sp³-hybridized carbons (Fsp3) is 0.375. The van der Waals surface area contributed by atoms with E-state index in [9.17, 15) is 0 Å². The van der Waals surface area contributed by atoms with Crippen LogP contribution in [-0.4, -0.2) is 16.5 Å². The molecule has 1 aromatic carbocycles. The molecule has 0 spiro atoms. The van der Waals surface area contributed by atoms with Gasteiger partial charge in [-0.05, 0) is 31.9 Å². The van der Waals surface area contributed by atoms with Gasteiger partial charge in [-0.15, -0.1) is 0 Å². The lowest BCUT2D eigenvalue weighted by Gasteiger charge is -2.21. The second-order valence-electron chi connectivity index (χ2n) is 5.36. The summed E-state index contributed by atoms with van der Waals surface area (Å²) in [5.41, 5.74) is 5.99.